The molecule has 0 spiro atoms. The molecule has 1 aliphatic rings. The molecule has 2 aromatic carbocycles. The molecule has 0 bridgehead atoms. The molecule has 1 aliphatic carbocycles. The van der Waals surface area contributed by atoms with E-state index in [0.29, 0.717) is 18.9 Å². The fourth-order valence-electron chi connectivity index (χ4n) is 2.69. The van der Waals surface area contributed by atoms with E-state index in [9.17, 15) is 36.5 Å². The number of anilines is 2. The molecule has 0 aromatic heterocycles. The van der Waals surface area contributed by atoms with Crippen LogP contribution in [0.25, 0.3) is 0 Å². The van der Waals surface area contributed by atoms with E-state index in [-0.39, 0.29) is 17.2 Å². The minimum atomic E-state index is -4.92. The number of nitro benzene ring substituents is 1. The molecule has 1 saturated carbocycles. The molecule has 0 atom stereocenters. The lowest BCUT2D eigenvalue weighted by molar-refractivity contribution is -0.385. The second kappa shape index (κ2) is 7.59. The van der Waals surface area contributed by atoms with Gasteiger partial charge >= 0.3 is 6.18 Å². The Labute approximate surface area is 169 Å². The van der Waals surface area contributed by atoms with Gasteiger partial charge in [0, 0.05) is 23.2 Å². The van der Waals surface area contributed by atoms with Crippen LogP contribution in [0.4, 0.5) is 30.2 Å². The van der Waals surface area contributed by atoms with Crippen LogP contribution in [0.5, 0.6) is 0 Å². The van der Waals surface area contributed by atoms with Crippen molar-refractivity contribution in [3.8, 4) is 0 Å². The Morgan fingerprint density at radius 3 is 2.40 bits per heavy atom. The maximum atomic E-state index is 13.5. The lowest BCUT2D eigenvalue weighted by atomic mass is 10.1. The molecule has 0 heterocycles. The molecule has 8 nitrogen and oxygen atoms in total. The van der Waals surface area contributed by atoms with Crippen molar-refractivity contribution >= 4 is 33.0 Å². The first kappa shape index (κ1) is 21.6. The number of rotatable bonds is 6. The van der Waals surface area contributed by atoms with Gasteiger partial charge in [0.15, 0.2) is 0 Å². The Morgan fingerprint density at radius 1 is 1.17 bits per heavy atom. The molecule has 0 saturated heterocycles. The van der Waals surface area contributed by atoms with Gasteiger partial charge in [-0.2, -0.15) is 13.2 Å². The molecule has 0 aliphatic heterocycles. The molecule has 160 valence electrons. The van der Waals surface area contributed by atoms with Gasteiger partial charge in [-0.25, -0.2) is 8.42 Å². The largest absolute Gasteiger partial charge is 0.418 e. The number of carbonyl (C=O) groups excluding carboxylic acids is 1. The minimum Gasteiger partial charge on any atom is -0.326 e. The lowest BCUT2D eigenvalue weighted by Crippen LogP contribution is -2.19. The van der Waals surface area contributed by atoms with Crippen LogP contribution in [-0.4, -0.2) is 19.2 Å². The number of sulfonamides is 1. The minimum absolute atomic E-state index is 0.117. The van der Waals surface area contributed by atoms with Gasteiger partial charge in [0.2, 0.25) is 5.91 Å². The number of halogens is 3. The fraction of sp³-hybridized carbons (Fsp3) is 0.278. The monoisotopic (exact) mass is 443 g/mol. The molecule has 12 heteroatoms. The Bertz CT molecular complexity index is 1130. The fourth-order valence-corrected chi connectivity index (χ4v) is 3.79. The smallest absolute Gasteiger partial charge is 0.326 e. The Balaban J connectivity index is 1.95. The Hall–Kier alpha value is -3.15. The van der Waals surface area contributed by atoms with Crippen molar-refractivity contribution in [2.75, 3.05) is 10.0 Å². The van der Waals surface area contributed by atoms with Crippen molar-refractivity contribution < 1.29 is 31.3 Å². The first-order valence-electron chi connectivity index (χ1n) is 8.68. The predicted octanol–water partition coefficient (Wildman–Crippen LogP) is 4.07. The standard InChI is InChI=1S/C18H16F3N3O5S/c1-10-2-6-13(9-16(10)24(26)27)30(28,29)23-15-7-5-12(8-14(15)18(19,20)21)22-17(25)11-3-4-11/h2,5-9,11,23H,3-4H2,1H3,(H,22,25). The predicted molar refractivity (Wildman–Crippen MR) is 101 cm³/mol. The molecular formula is C18H16F3N3O5S. The Kier molecular flexibility index (Phi) is 5.46. The summed E-state index contributed by atoms with van der Waals surface area (Å²) in [5.41, 5.74) is -2.47. The number of amides is 1. The van der Waals surface area contributed by atoms with Crippen molar-refractivity contribution in [1.82, 2.24) is 0 Å². The number of hydrogen-bond acceptors (Lipinski definition) is 5. The van der Waals surface area contributed by atoms with Crippen LogP contribution in [-0.2, 0) is 21.0 Å². The first-order valence-corrected chi connectivity index (χ1v) is 10.2. The van der Waals surface area contributed by atoms with Crippen molar-refractivity contribution in [3.63, 3.8) is 0 Å². The number of nitro groups is 1. The molecule has 0 unspecified atom stereocenters. The third-order valence-corrected chi connectivity index (χ3v) is 5.84. The summed E-state index contributed by atoms with van der Waals surface area (Å²) in [6.45, 7) is 1.40. The van der Waals surface area contributed by atoms with Crippen molar-refractivity contribution in [2.45, 2.75) is 30.8 Å². The zero-order chi connectivity index (χ0) is 22.3. The van der Waals surface area contributed by atoms with Gasteiger partial charge in [-0.3, -0.25) is 19.6 Å². The third kappa shape index (κ3) is 4.70. The molecular weight excluding hydrogens is 427 g/mol. The van der Waals surface area contributed by atoms with E-state index < -0.39 is 48.9 Å². The van der Waals surface area contributed by atoms with Gasteiger partial charge in [-0.1, -0.05) is 6.07 Å². The van der Waals surface area contributed by atoms with Crippen molar-refractivity contribution in [3.05, 3.63) is 57.6 Å². The summed E-state index contributed by atoms with van der Waals surface area (Å²) >= 11 is 0. The summed E-state index contributed by atoms with van der Waals surface area (Å²) in [7, 11) is -4.55. The number of aryl methyl sites for hydroxylation is 1. The first-order chi connectivity index (χ1) is 13.9. The van der Waals surface area contributed by atoms with E-state index in [1.807, 2.05) is 4.72 Å². The second-order valence-corrected chi connectivity index (χ2v) is 8.51. The van der Waals surface area contributed by atoms with E-state index >= 15 is 0 Å². The molecule has 0 radical (unpaired) electrons. The van der Waals surface area contributed by atoms with E-state index in [1.165, 1.54) is 13.0 Å². The number of carbonyl (C=O) groups is 1. The zero-order valence-electron chi connectivity index (χ0n) is 15.5. The van der Waals surface area contributed by atoms with Gasteiger partial charge in [0.1, 0.15) is 0 Å². The van der Waals surface area contributed by atoms with Gasteiger partial charge in [-0.05, 0) is 44.0 Å². The van der Waals surface area contributed by atoms with Gasteiger partial charge in [0.25, 0.3) is 15.7 Å². The molecule has 1 fully saturated rings. The Morgan fingerprint density at radius 2 is 1.83 bits per heavy atom. The molecule has 30 heavy (non-hydrogen) atoms. The quantitative estimate of drug-likeness (QED) is 0.515. The van der Waals surface area contributed by atoms with Crippen LogP contribution >= 0.6 is 0 Å². The topological polar surface area (TPSA) is 118 Å². The summed E-state index contributed by atoms with van der Waals surface area (Å²) in [5.74, 6) is -0.627. The third-order valence-electron chi connectivity index (χ3n) is 4.47. The normalized spacial score (nSPS) is 14.3. The van der Waals surface area contributed by atoms with E-state index in [4.69, 9.17) is 0 Å². The van der Waals surface area contributed by atoms with Gasteiger partial charge in [-0.15, -0.1) is 0 Å². The summed E-state index contributed by atoms with van der Waals surface area (Å²) in [6, 6.07) is 5.68. The highest BCUT2D eigenvalue weighted by molar-refractivity contribution is 7.92. The van der Waals surface area contributed by atoms with Crippen LogP contribution in [0.2, 0.25) is 0 Å². The summed E-state index contributed by atoms with van der Waals surface area (Å²) in [5, 5.41) is 13.4. The number of nitrogens with one attached hydrogen (secondary N) is 2. The average molecular weight is 443 g/mol. The van der Waals surface area contributed by atoms with Crippen molar-refractivity contribution in [2.24, 2.45) is 5.92 Å². The maximum absolute atomic E-state index is 13.5. The number of alkyl halides is 3. The van der Waals surface area contributed by atoms with Gasteiger partial charge in [0.05, 0.1) is 21.1 Å². The van der Waals surface area contributed by atoms with Crippen molar-refractivity contribution in [1.29, 1.82) is 0 Å². The van der Waals surface area contributed by atoms with Crippen LogP contribution in [0.3, 0.4) is 0 Å². The SMILES string of the molecule is Cc1ccc(S(=O)(=O)Nc2ccc(NC(=O)C3CC3)cc2C(F)(F)F)cc1[N+](=O)[O-]. The van der Waals surface area contributed by atoms with E-state index in [1.54, 1.807) is 0 Å². The average Bonchev–Trinajstić information content (AvgIpc) is 3.47. The van der Waals surface area contributed by atoms with E-state index in [0.717, 1.165) is 24.3 Å². The summed E-state index contributed by atoms with van der Waals surface area (Å²) in [4.78, 5) is 21.5. The second-order valence-electron chi connectivity index (χ2n) is 6.83. The highest BCUT2D eigenvalue weighted by Gasteiger charge is 2.36. The number of nitrogens with zero attached hydrogens (tertiary/aromatic N) is 1. The van der Waals surface area contributed by atoms with E-state index in [2.05, 4.69) is 5.32 Å². The summed E-state index contributed by atoms with van der Waals surface area (Å²) < 4.78 is 67.4. The van der Waals surface area contributed by atoms with Gasteiger partial charge < -0.3 is 5.32 Å². The molecule has 1 amide bonds. The number of hydrogen-bond donors (Lipinski definition) is 2. The maximum Gasteiger partial charge on any atom is 0.418 e. The highest BCUT2D eigenvalue weighted by Crippen LogP contribution is 2.38. The van der Waals surface area contributed by atoms with Crippen LogP contribution in [0, 0.1) is 23.0 Å². The number of benzene rings is 2. The summed E-state index contributed by atoms with van der Waals surface area (Å²) in [6.07, 6.45) is -3.59. The van der Waals surface area contributed by atoms with Crippen LogP contribution < -0.4 is 10.0 Å². The molecule has 3 rings (SSSR count). The highest BCUT2D eigenvalue weighted by atomic mass is 32.2. The van der Waals surface area contributed by atoms with Crippen LogP contribution in [0.1, 0.15) is 24.0 Å². The van der Waals surface area contributed by atoms with Crippen LogP contribution in [0.15, 0.2) is 41.3 Å². The zero-order valence-corrected chi connectivity index (χ0v) is 16.3. The lowest BCUT2D eigenvalue weighted by Gasteiger charge is -2.16. The molecule has 2 N–H and O–H groups in total. The molecule has 2 aromatic rings.